The van der Waals surface area contributed by atoms with E-state index in [1.807, 2.05) is 10.6 Å². The number of carboxylic acid groups (broad SMARTS) is 1. The van der Waals surface area contributed by atoms with Crippen LogP contribution in [0.1, 0.15) is 23.2 Å². The molecule has 0 amide bonds. The van der Waals surface area contributed by atoms with Gasteiger partial charge in [-0.2, -0.15) is 0 Å². The van der Waals surface area contributed by atoms with Gasteiger partial charge >= 0.3 is 5.97 Å². The number of aromatic nitrogens is 2. The van der Waals surface area contributed by atoms with E-state index in [2.05, 4.69) is 15.2 Å². The van der Waals surface area contributed by atoms with E-state index in [4.69, 9.17) is 0 Å². The number of para-hydroxylation sites is 1. The molecular weight excluding hydrogens is 292 g/mol. The Morgan fingerprint density at radius 1 is 1.35 bits per heavy atom. The zero-order chi connectivity index (χ0) is 15.8. The molecule has 0 saturated carbocycles. The maximum absolute atomic E-state index is 11.4. The Morgan fingerprint density at radius 3 is 2.87 bits per heavy atom. The molecule has 122 valence electrons. The number of hydrogen-bond acceptors (Lipinski definition) is 4. The van der Waals surface area contributed by atoms with Crippen LogP contribution in [0.2, 0.25) is 0 Å². The van der Waals surface area contributed by atoms with E-state index in [1.54, 1.807) is 18.5 Å². The standard InChI is InChI=1S/C17H22N4O2/c22-17(23)13-2-1-3-14-16(13)21(11-19-14)9-6-18-15-10-20-7-4-12(15)5-8-20/h1-3,11-12,15,18H,4-10H2,(H,22,23)/t15-/m1/s1. The van der Waals surface area contributed by atoms with Gasteiger partial charge in [-0.1, -0.05) is 6.07 Å². The minimum atomic E-state index is -0.900. The minimum absolute atomic E-state index is 0.322. The molecule has 1 atom stereocenters. The highest BCUT2D eigenvalue weighted by atomic mass is 16.4. The number of hydrogen-bond donors (Lipinski definition) is 2. The van der Waals surface area contributed by atoms with Crippen LogP contribution >= 0.6 is 0 Å². The lowest BCUT2D eigenvalue weighted by molar-refractivity contribution is 0.0698. The monoisotopic (exact) mass is 314 g/mol. The van der Waals surface area contributed by atoms with Crippen molar-refractivity contribution in [3.8, 4) is 0 Å². The number of rotatable bonds is 5. The first-order chi connectivity index (χ1) is 11.2. The summed E-state index contributed by atoms with van der Waals surface area (Å²) in [5.74, 6) is -0.100. The Balaban J connectivity index is 1.45. The summed E-state index contributed by atoms with van der Waals surface area (Å²) in [5, 5.41) is 13.0. The van der Waals surface area contributed by atoms with Crippen molar-refractivity contribution >= 4 is 17.0 Å². The number of benzene rings is 1. The van der Waals surface area contributed by atoms with Crippen molar-refractivity contribution < 1.29 is 9.90 Å². The fourth-order valence-electron chi connectivity index (χ4n) is 4.04. The highest BCUT2D eigenvalue weighted by Crippen LogP contribution is 2.27. The number of piperidine rings is 3. The number of carboxylic acids is 1. The molecule has 6 heteroatoms. The second kappa shape index (κ2) is 5.94. The average molecular weight is 314 g/mol. The third-order valence-corrected chi connectivity index (χ3v) is 5.28. The predicted molar refractivity (Wildman–Crippen MR) is 87.6 cm³/mol. The smallest absolute Gasteiger partial charge is 0.337 e. The summed E-state index contributed by atoms with van der Waals surface area (Å²) in [6.45, 7) is 5.22. The third kappa shape index (κ3) is 2.72. The topological polar surface area (TPSA) is 70.4 Å². The lowest BCUT2D eigenvalue weighted by Crippen LogP contribution is -2.56. The zero-order valence-electron chi connectivity index (χ0n) is 13.1. The van der Waals surface area contributed by atoms with E-state index in [0.717, 1.165) is 36.6 Å². The van der Waals surface area contributed by atoms with Crippen molar-refractivity contribution in [3.05, 3.63) is 30.1 Å². The molecular formula is C17H22N4O2. The van der Waals surface area contributed by atoms with Gasteiger partial charge in [0.05, 0.1) is 22.9 Å². The van der Waals surface area contributed by atoms with Crippen LogP contribution in [0.4, 0.5) is 0 Å². The molecule has 6 nitrogen and oxygen atoms in total. The number of aromatic carboxylic acids is 1. The lowest BCUT2D eigenvalue weighted by Gasteiger charge is -2.45. The van der Waals surface area contributed by atoms with Crippen LogP contribution in [0.3, 0.4) is 0 Å². The Kier molecular flexibility index (Phi) is 3.79. The number of carbonyl (C=O) groups is 1. The summed E-state index contributed by atoms with van der Waals surface area (Å²) in [6.07, 6.45) is 4.35. The van der Waals surface area contributed by atoms with Gasteiger partial charge in [-0.25, -0.2) is 9.78 Å². The molecule has 5 rings (SSSR count). The maximum Gasteiger partial charge on any atom is 0.337 e. The summed E-state index contributed by atoms with van der Waals surface area (Å²) in [4.78, 5) is 18.3. The second-order valence-corrected chi connectivity index (χ2v) is 6.62. The van der Waals surface area contributed by atoms with Crippen molar-refractivity contribution in [2.24, 2.45) is 5.92 Å². The fourth-order valence-corrected chi connectivity index (χ4v) is 4.04. The predicted octanol–water partition coefficient (Wildman–Crippen LogP) is 1.42. The van der Waals surface area contributed by atoms with Crippen molar-refractivity contribution in [1.82, 2.24) is 19.8 Å². The molecule has 2 bridgehead atoms. The molecule has 0 aliphatic carbocycles. The van der Waals surface area contributed by atoms with Crippen molar-refractivity contribution in [1.29, 1.82) is 0 Å². The van der Waals surface area contributed by atoms with Crippen LogP contribution in [0.15, 0.2) is 24.5 Å². The molecule has 3 fully saturated rings. The van der Waals surface area contributed by atoms with Crippen molar-refractivity contribution in [2.75, 3.05) is 26.2 Å². The van der Waals surface area contributed by atoms with Gasteiger partial charge in [0, 0.05) is 25.7 Å². The SMILES string of the molecule is O=C(O)c1cccc2ncn(CCN[C@@H]3CN4CCC3CC4)c12. The molecule has 3 aliphatic rings. The quantitative estimate of drug-likeness (QED) is 0.873. The summed E-state index contributed by atoms with van der Waals surface area (Å²) in [6, 6.07) is 5.82. The van der Waals surface area contributed by atoms with E-state index in [1.165, 1.54) is 25.9 Å². The molecule has 1 aromatic carbocycles. The van der Waals surface area contributed by atoms with E-state index in [0.29, 0.717) is 11.6 Å². The number of nitrogens with one attached hydrogen (secondary N) is 1. The van der Waals surface area contributed by atoms with Gasteiger partial charge < -0.3 is 19.9 Å². The first-order valence-electron chi connectivity index (χ1n) is 8.35. The zero-order valence-corrected chi connectivity index (χ0v) is 13.1. The summed E-state index contributed by atoms with van der Waals surface area (Å²) in [5.41, 5.74) is 1.78. The molecule has 0 spiro atoms. The van der Waals surface area contributed by atoms with Gasteiger partial charge in [-0.15, -0.1) is 0 Å². The Hall–Kier alpha value is -1.92. The van der Waals surface area contributed by atoms with Crippen LogP contribution < -0.4 is 5.32 Å². The molecule has 3 saturated heterocycles. The molecule has 2 aromatic rings. The second-order valence-electron chi connectivity index (χ2n) is 6.62. The molecule has 2 N–H and O–H groups in total. The van der Waals surface area contributed by atoms with Gasteiger partial charge in [0.1, 0.15) is 0 Å². The first kappa shape index (κ1) is 14.7. The van der Waals surface area contributed by atoms with Gasteiger partial charge in [-0.05, 0) is 44.0 Å². The van der Waals surface area contributed by atoms with Gasteiger partial charge in [-0.3, -0.25) is 0 Å². The van der Waals surface area contributed by atoms with Gasteiger partial charge in [0.25, 0.3) is 0 Å². The Morgan fingerprint density at radius 2 is 2.17 bits per heavy atom. The fraction of sp³-hybridized carbons (Fsp3) is 0.529. The number of imidazole rings is 1. The Labute approximate surface area is 135 Å². The molecule has 0 radical (unpaired) electrons. The van der Waals surface area contributed by atoms with E-state index in [9.17, 15) is 9.90 Å². The maximum atomic E-state index is 11.4. The Bertz CT molecular complexity index is 718. The largest absolute Gasteiger partial charge is 0.478 e. The van der Waals surface area contributed by atoms with E-state index >= 15 is 0 Å². The number of fused-ring (bicyclic) bond motifs is 4. The summed E-state index contributed by atoms with van der Waals surface area (Å²) in [7, 11) is 0. The van der Waals surface area contributed by atoms with Crippen LogP contribution in [0.5, 0.6) is 0 Å². The van der Waals surface area contributed by atoms with Crippen molar-refractivity contribution in [3.63, 3.8) is 0 Å². The molecule has 4 heterocycles. The minimum Gasteiger partial charge on any atom is -0.478 e. The third-order valence-electron chi connectivity index (χ3n) is 5.28. The van der Waals surface area contributed by atoms with Gasteiger partial charge in [0.2, 0.25) is 0 Å². The molecule has 0 unspecified atom stereocenters. The van der Waals surface area contributed by atoms with E-state index in [-0.39, 0.29) is 0 Å². The van der Waals surface area contributed by atoms with Crippen LogP contribution in [0.25, 0.3) is 11.0 Å². The van der Waals surface area contributed by atoms with Gasteiger partial charge in [0.15, 0.2) is 0 Å². The molecule has 3 aliphatic heterocycles. The van der Waals surface area contributed by atoms with Crippen LogP contribution in [0, 0.1) is 5.92 Å². The molecule has 23 heavy (non-hydrogen) atoms. The summed E-state index contributed by atoms with van der Waals surface area (Å²) >= 11 is 0. The number of nitrogens with zero attached hydrogens (tertiary/aromatic N) is 3. The summed E-state index contributed by atoms with van der Waals surface area (Å²) < 4.78 is 1.95. The average Bonchev–Trinajstić information content (AvgIpc) is 2.99. The lowest BCUT2D eigenvalue weighted by atomic mass is 9.84. The first-order valence-corrected chi connectivity index (χ1v) is 8.35. The normalized spacial score (nSPS) is 26.7. The highest BCUT2D eigenvalue weighted by Gasteiger charge is 2.33. The van der Waals surface area contributed by atoms with Crippen molar-refractivity contribution in [2.45, 2.75) is 25.4 Å². The highest BCUT2D eigenvalue weighted by molar-refractivity contribution is 6.01. The van der Waals surface area contributed by atoms with Crippen LogP contribution in [-0.4, -0.2) is 57.7 Å². The van der Waals surface area contributed by atoms with Crippen LogP contribution in [-0.2, 0) is 6.54 Å². The molecule has 1 aromatic heterocycles. The van der Waals surface area contributed by atoms with E-state index < -0.39 is 5.97 Å².